The molecule has 1 heterocycles. The second kappa shape index (κ2) is 4.94. The molecule has 1 aromatic carbocycles. The molecule has 2 unspecified atom stereocenters. The molecule has 5 heteroatoms. The first-order chi connectivity index (χ1) is 8.54. The molecule has 1 fully saturated rings. The Morgan fingerprint density at radius 2 is 2.28 bits per heavy atom. The van der Waals surface area contributed by atoms with E-state index in [1.54, 1.807) is 12.1 Å². The molecule has 1 aromatic rings. The van der Waals surface area contributed by atoms with Crippen LogP contribution in [0.25, 0.3) is 0 Å². The van der Waals surface area contributed by atoms with Crippen molar-refractivity contribution in [3.05, 3.63) is 33.9 Å². The summed E-state index contributed by atoms with van der Waals surface area (Å²) >= 11 is 0. The molecule has 2 atom stereocenters. The van der Waals surface area contributed by atoms with Gasteiger partial charge in [0.05, 0.1) is 17.6 Å². The number of hydrogen-bond donors (Lipinski definition) is 1. The van der Waals surface area contributed by atoms with E-state index in [2.05, 4.69) is 6.92 Å². The van der Waals surface area contributed by atoms with Crippen LogP contribution in [0.4, 0.5) is 11.4 Å². The summed E-state index contributed by atoms with van der Waals surface area (Å²) < 4.78 is 0. The topological polar surface area (TPSA) is 66.6 Å². The van der Waals surface area contributed by atoms with Gasteiger partial charge in [-0.15, -0.1) is 0 Å². The van der Waals surface area contributed by atoms with Crippen molar-refractivity contribution in [2.24, 2.45) is 5.92 Å². The lowest BCUT2D eigenvalue weighted by molar-refractivity contribution is -0.384. The Labute approximate surface area is 106 Å². The first-order valence-electron chi connectivity index (χ1n) is 6.17. The third-order valence-corrected chi connectivity index (χ3v) is 3.71. The summed E-state index contributed by atoms with van der Waals surface area (Å²) in [6.45, 7) is 4.78. The highest BCUT2D eigenvalue weighted by atomic mass is 16.6. The van der Waals surface area contributed by atoms with Crippen molar-refractivity contribution < 1.29 is 10.0 Å². The van der Waals surface area contributed by atoms with E-state index in [-0.39, 0.29) is 23.3 Å². The van der Waals surface area contributed by atoms with Gasteiger partial charge in [-0.25, -0.2) is 0 Å². The Kier molecular flexibility index (Phi) is 3.52. The van der Waals surface area contributed by atoms with Gasteiger partial charge in [0.1, 0.15) is 5.69 Å². The molecule has 18 heavy (non-hydrogen) atoms. The minimum absolute atomic E-state index is 0.0227. The Morgan fingerprint density at radius 1 is 1.56 bits per heavy atom. The summed E-state index contributed by atoms with van der Waals surface area (Å²) in [5.74, 6) is 0.357. The van der Waals surface area contributed by atoms with Crippen LogP contribution in [0.5, 0.6) is 0 Å². The third-order valence-electron chi connectivity index (χ3n) is 3.71. The maximum absolute atomic E-state index is 11.1. The van der Waals surface area contributed by atoms with Crippen molar-refractivity contribution in [2.75, 3.05) is 18.1 Å². The van der Waals surface area contributed by atoms with E-state index in [4.69, 9.17) is 0 Å². The maximum atomic E-state index is 11.1. The van der Waals surface area contributed by atoms with E-state index in [0.717, 1.165) is 18.5 Å². The fourth-order valence-electron chi connectivity index (χ4n) is 2.60. The second-order valence-corrected chi connectivity index (χ2v) is 4.96. The quantitative estimate of drug-likeness (QED) is 0.659. The lowest BCUT2D eigenvalue weighted by Gasteiger charge is -2.27. The lowest BCUT2D eigenvalue weighted by Crippen LogP contribution is -2.35. The van der Waals surface area contributed by atoms with Crippen molar-refractivity contribution in [1.82, 2.24) is 0 Å². The highest BCUT2D eigenvalue weighted by Gasteiger charge is 2.34. The van der Waals surface area contributed by atoms with Crippen molar-refractivity contribution in [3.63, 3.8) is 0 Å². The van der Waals surface area contributed by atoms with Crippen molar-refractivity contribution in [1.29, 1.82) is 0 Å². The van der Waals surface area contributed by atoms with Gasteiger partial charge < -0.3 is 10.0 Å². The van der Waals surface area contributed by atoms with Crippen LogP contribution in [-0.2, 0) is 0 Å². The fraction of sp³-hybridized carbons (Fsp3) is 0.538. The van der Waals surface area contributed by atoms with Crippen LogP contribution in [0, 0.1) is 23.0 Å². The summed E-state index contributed by atoms with van der Waals surface area (Å²) in [5.41, 5.74) is 1.74. The fourth-order valence-corrected chi connectivity index (χ4v) is 2.60. The number of nitrogens with zero attached hydrogens (tertiary/aromatic N) is 2. The normalized spacial score (nSPS) is 23.4. The average molecular weight is 250 g/mol. The van der Waals surface area contributed by atoms with Crippen molar-refractivity contribution >= 4 is 11.4 Å². The van der Waals surface area contributed by atoms with Gasteiger partial charge in [0.2, 0.25) is 0 Å². The molecule has 0 amide bonds. The summed E-state index contributed by atoms with van der Waals surface area (Å²) in [4.78, 5) is 12.7. The molecule has 2 rings (SSSR count). The van der Waals surface area contributed by atoms with E-state index < -0.39 is 0 Å². The number of rotatable bonds is 3. The first kappa shape index (κ1) is 12.8. The predicted molar refractivity (Wildman–Crippen MR) is 69.8 cm³/mol. The van der Waals surface area contributed by atoms with Crippen LogP contribution in [0.2, 0.25) is 0 Å². The van der Waals surface area contributed by atoms with Crippen LogP contribution < -0.4 is 4.90 Å². The number of aliphatic hydroxyl groups excluding tert-OH is 1. The Morgan fingerprint density at radius 3 is 2.89 bits per heavy atom. The molecule has 0 saturated carbocycles. The Hall–Kier alpha value is -1.62. The van der Waals surface area contributed by atoms with Crippen molar-refractivity contribution in [3.8, 4) is 0 Å². The molecule has 1 saturated heterocycles. The van der Waals surface area contributed by atoms with Crippen LogP contribution in [0.15, 0.2) is 18.2 Å². The monoisotopic (exact) mass is 250 g/mol. The predicted octanol–water partition coefficient (Wildman–Crippen LogP) is 2.11. The zero-order valence-electron chi connectivity index (χ0n) is 10.7. The zero-order chi connectivity index (χ0) is 13.3. The van der Waals surface area contributed by atoms with E-state index in [0.29, 0.717) is 11.6 Å². The van der Waals surface area contributed by atoms with Crippen LogP contribution in [0.3, 0.4) is 0 Å². The molecule has 0 spiro atoms. The lowest BCUT2D eigenvalue weighted by atomic mass is 10.0. The van der Waals surface area contributed by atoms with Gasteiger partial charge in [0.25, 0.3) is 5.69 Å². The maximum Gasteiger partial charge on any atom is 0.292 e. The SMILES string of the molecule is Cc1ccc([N+](=O)[O-])c(N2CCC(C)C2CO)c1. The van der Waals surface area contributed by atoms with Crippen LogP contribution in [0.1, 0.15) is 18.9 Å². The van der Waals surface area contributed by atoms with Gasteiger partial charge in [0, 0.05) is 12.6 Å². The molecule has 5 nitrogen and oxygen atoms in total. The summed E-state index contributed by atoms with van der Waals surface area (Å²) in [6, 6.07) is 5.10. The van der Waals surface area contributed by atoms with Crippen LogP contribution in [-0.4, -0.2) is 29.2 Å². The summed E-state index contributed by atoms with van der Waals surface area (Å²) in [5, 5.41) is 20.5. The Balaban J connectivity index is 2.43. The average Bonchev–Trinajstić information content (AvgIpc) is 2.69. The minimum Gasteiger partial charge on any atom is -0.394 e. The second-order valence-electron chi connectivity index (χ2n) is 4.96. The summed E-state index contributed by atoms with van der Waals surface area (Å²) in [7, 11) is 0. The number of aliphatic hydroxyl groups is 1. The molecule has 1 aliphatic heterocycles. The molecule has 1 aliphatic rings. The van der Waals surface area contributed by atoms with Gasteiger partial charge in [-0.05, 0) is 30.9 Å². The number of benzene rings is 1. The summed E-state index contributed by atoms with van der Waals surface area (Å²) in [6.07, 6.45) is 0.955. The highest BCUT2D eigenvalue weighted by molar-refractivity contribution is 5.65. The van der Waals surface area contributed by atoms with Gasteiger partial charge >= 0.3 is 0 Å². The number of nitro benzene ring substituents is 1. The van der Waals surface area contributed by atoms with Gasteiger partial charge in [-0.1, -0.05) is 13.0 Å². The molecule has 0 radical (unpaired) electrons. The first-order valence-corrected chi connectivity index (χ1v) is 6.17. The van der Waals surface area contributed by atoms with E-state index in [9.17, 15) is 15.2 Å². The van der Waals surface area contributed by atoms with Gasteiger partial charge in [0.15, 0.2) is 0 Å². The number of anilines is 1. The number of hydrogen-bond acceptors (Lipinski definition) is 4. The largest absolute Gasteiger partial charge is 0.394 e. The number of nitro groups is 1. The molecular formula is C13H18N2O3. The molecule has 1 N–H and O–H groups in total. The zero-order valence-corrected chi connectivity index (χ0v) is 10.7. The van der Waals surface area contributed by atoms with E-state index >= 15 is 0 Å². The van der Waals surface area contributed by atoms with E-state index in [1.807, 2.05) is 17.9 Å². The standard InChI is InChI=1S/C13H18N2O3/c1-9-3-4-11(15(17)18)12(7-9)14-6-5-10(2)13(14)8-16/h3-4,7,10,13,16H,5-6,8H2,1-2H3. The third kappa shape index (κ3) is 2.18. The molecule has 98 valence electrons. The molecule has 0 bridgehead atoms. The van der Waals surface area contributed by atoms with Crippen molar-refractivity contribution in [2.45, 2.75) is 26.3 Å². The van der Waals surface area contributed by atoms with E-state index in [1.165, 1.54) is 0 Å². The number of aryl methyl sites for hydroxylation is 1. The minimum atomic E-state index is -0.355. The molecular weight excluding hydrogens is 232 g/mol. The smallest absolute Gasteiger partial charge is 0.292 e. The van der Waals surface area contributed by atoms with Gasteiger partial charge in [-0.2, -0.15) is 0 Å². The molecule has 0 aliphatic carbocycles. The van der Waals surface area contributed by atoms with Gasteiger partial charge in [-0.3, -0.25) is 10.1 Å². The highest BCUT2D eigenvalue weighted by Crippen LogP contribution is 2.36. The van der Waals surface area contributed by atoms with Crippen LogP contribution >= 0.6 is 0 Å². The molecule has 0 aromatic heterocycles. The Bertz CT molecular complexity index is 462.